The first-order chi connectivity index (χ1) is 10.7. The van der Waals surface area contributed by atoms with Gasteiger partial charge in [-0.3, -0.25) is 0 Å². The fraction of sp³-hybridized carbons (Fsp3) is 0.333. The summed E-state index contributed by atoms with van der Waals surface area (Å²) in [5.41, 5.74) is 4.61. The van der Waals surface area contributed by atoms with Crippen molar-refractivity contribution in [1.82, 2.24) is 0 Å². The summed E-state index contributed by atoms with van der Waals surface area (Å²) in [6, 6.07) is 11.4. The number of methoxy groups -OCH3 is 1. The van der Waals surface area contributed by atoms with Gasteiger partial charge in [-0.05, 0) is 52.8 Å². The zero-order valence-corrected chi connectivity index (χ0v) is 12.7. The summed E-state index contributed by atoms with van der Waals surface area (Å²) < 4.78 is 5.17. The normalized spacial score (nSPS) is 10.7. The third-order valence-electron chi connectivity index (χ3n) is 3.74. The molecular formula is C18H22O4. The second-order valence-electron chi connectivity index (χ2n) is 5.27. The maximum Gasteiger partial charge on any atom is 0.119 e. The minimum absolute atomic E-state index is 0.0227. The minimum Gasteiger partial charge on any atom is -0.497 e. The number of aliphatic hydroxyl groups excluding tert-OH is 3. The highest BCUT2D eigenvalue weighted by Crippen LogP contribution is 2.20. The second kappa shape index (κ2) is 7.94. The zero-order chi connectivity index (χ0) is 15.9. The lowest BCUT2D eigenvalue weighted by Crippen LogP contribution is -2.00. The molecule has 0 bridgehead atoms. The molecule has 0 amide bonds. The van der Waals surface area contributed by atoms with Crippen LogP contribution in [0, 0.1) is 0 Å². The van der Waals surface area contributed by atoms with Crippen LogP contribution in [-0.2, 0) is 32.7 Å². The van der Waals surface area contributed by atoms with Gasteiger partial charge in [0.15, 0.2) is 0 Å². The van der Waals surface area contributed by atoms with Crippen molar-refractivity contribution in [3.8, 4) is 5.75 Å². The highest BCUT2D eigenvalue weighted by Gasteiger charge is 2.06. The molecule has 0 saturated heterocycles. The van der Waals surface area contributed by atoms with Crippen LogP contribution in [0.1, 0.15) is 27.8 Å². The predicted molar refractivity (Wildman–Crippen MR) is 84.6 cm³/mol. The maximum absolute atomic E-state index is 9.48. The van der Waals surface area contributed by atoms with Gasteiger partial charge >= 0.3 is 0 Å². The average Bonchev–Trinajstić information content (AvgIpc) is 2.59. The SMILES string of the molecule is COc1ccc(CCc2cc(CO)cc(CO)c2)c(CO)c1. The molecule has 0 fully saturated rings. The van der Waals surface area contributed by atoms with E-state index in [1.54, 1.807) is 13.2 Å². The van der Waals surface area contributed by atoms with Crippen LogP contribution >= 0.6 is 0 Å². The largest absolute Gasteiger partial charge is 0.497 e. The average molecular weight is 302 g/mol. The Bertz CT molecular complexity index is 600. The molecule has 3 N–H and O–H groups in total. The van der Waals surface area contributed by atoms with Crippen LogP contribution in [0.15, 0.2) is 36.4 Å². The highest BCUT2D eigenvalue weighted by atomic mass is 16.5. The first-order valence-corrected chi connectivity index (χ1v) is 7.30. The quantitative estimate of drug-likeness (QED) is 0.731. The molecule has 0 aliphatic heterocycles. The molecule has 2 aromatic rings. The van der Waals surface area contributed by atoms with E-state index in [4.69, 9.17) is 4.74 Å². The van der Waals surface area contributed by atoms with Gasteiger partial charge in [0.1, 0.15) is 5.75 Å². The summed E-state index contributed by atoms with van der Waals surface area (Å²) in [7, 11) is 1.60. The van der Waals surface area contributed by atoms with Crippen LogP contribution in [0.4, 0.5) is 0 Å². The smallest absolute Gasteiger partial charge is 0.119 e. The summed E-state index contributed by atoms with van der Waals surface area (Å²) >= 11 is 0. The van der Waals surface area contributed by atoms with E-state index < -0.39 is 0 Å². The molecule has 0 aliphatic carbocycles. The van der Waals surface area contributed by atoms with Gasteiger partial charge in [0.25, 0.3) is 0 Å². The first kappa shape index (κ1) is 16.5. The Labute approximate surface area is 130 Å². The predicted octanol–water partition coefficient (Wildman–Crippen LogP) is 1.96. The van der Waals surface area contributed by atoms with Crippen molar-refractivity contribution in [1.29, 1.82) is 0 Å². The summed E-state index contributed by atoms with van der Waals surface area (Å²) in [5.74, 6) is 0.734. The van der Waals surface area contributed by atoms with Crippen LogP contribution in [0.5, 0.6) is 5.75 Å². The van der Waals surface area contributed by atoms with Crippen LogP contribution < -0.4 is 4.74 Å². The van der Waals surface area contributed by atoms with E-state index in [1.165, 1.54) is 0 Å². The van der Waals surface area contributed by atoms with Crippen LogP contribution in [0.2, 0.25) is 0 Å². The van der Waals surface area contributed by atoms with Crippen molar-refractivity contribution in [2.45, 2.75) is 32.7 Å². The number of ether oxygens (including phenoxy) is 1. The lowest BCUT2D eigenvalue weighted by Gasteiger charge is -2.11. The molecule has 118 valence electrons. The van der Waals surface area contributed by atoms with Crippen molar-refractivity contribution in [3.63, 3.8) is 0 Å². The second-order valence-corrected chi connectivity index (χ2v) is 5.27. The summed E-state index contributed by atoms with van der Waals surface area (Å²) in [6.45, 7) is -0.0956. The van der Waals surface area contributed by atoms with E-state index in [9.17, 15) is 15.3 Å². The van der Waals surface area contributed by atoms with E-state index >= 15 is 0 Å². The Morgan fingerprint density at radius 1 is 0.727 bits per heavy atom. The number of aliphatic hydroxyl groups is 3. The lowest BCUT2D eigenvalue weighted by molar-refractivity contribution is 0.275. The Balaban J connectivity index is 2.16. The maximum atomic E-state index is 9.48. The monoisotopic (exact) mass is 302 g/mol. The third kappa shape index (κ3) is 4.07. The van der Waals surface area contributed by atoms with E-state index in [0.717, 1.165) is 46.4 Å². The van der Waals surface area contributed by atoms with Crippen LogP contribution in [-0.4, -0.2) is 22.4 Å². The molecular weight excluding hydrogens is 280 g/mol. The fourth-order valence-electron chi connectivity index (χ4n) is 2.57. The molecule has 2 rings (SSSR count). The number of hydrogen-bond donors (Lipinski definition) is 3. The van der Waals surface area contributed by atoms with Crippen LogP contribution in [0.25, 0.3) is 0 Å². The van der Waals surface area contributed by atoms with E-state index in [0.29, 0.717) is 0 Å². The van der Waals surface area contributed by atoms with Crippen molar-refractivity contribution < 1.29 is 20.1 Å². The molecule has 0 aromatic heterocycles. The molecule has 4 nitrogen and oxygen atoms in total. The van der Waals surface area contributed by atoms with Gasteiger partial charge in [-0.25, -0.2) is 0 Å². The molecule has 0 aliphatic rings. The lowest BCUT2D eigenvalue weighted by atomic mass is 9.97. The number of rotatable bonds is 7. The topological polar surface area (TPSA) is 69.9 Å². The molecule has 0 radical (unpaired) electrons. The molecule has 0 unspecified atom stereocenters. The first-order valence-electron chi connectivity index (χ1n) is 7.30. The van der Waals surface area contributed by atoms with Gasteiger partial charge < -0.3 is 20.1 Å². The molecule has 4 heteroatoms. The summed E-state index contributed by atoms with van der Waals surface area (Å²) in [4.78, 5) is 0. The number of benzene rings is 2. The summed E-state index contributed by atoms with van der Waals surface area (Å²) in [5, 5.41) is 28.0. The van der Waals surface area contributed by atoms with Crippen molar-refractivity contribution in [2.24, 2.45) is 0 Å². The number of hydrogen-bond acceptors (Lipinski definition) is 4. The molecule has 2 aromatic carbocycles. The Hall–Kier alpha value is -1.88. The molecule has 0 atom stereocenters. The molecule has 0 saturated carbocycles. The molecule has 0 spiro atoms. The van der Waals surface area contributed by atoms with Crippen molar-refractivity contribution in [3.05, 3.63) is 64.2 Å². The van der Waals surface area contributed by atoms with E-state index in [1.807, 2.05) is 30.3 Å². The molecule has 0 heterocycles. The molecule has 22 heavy (non-hydrogen) atoms. The van der Waals surface area contributed by atoms with Crippen molar-refractivity contribution in [2.75, 3.05) is 7.11 Å². The highest BCUT2D eigenvalue weighted by molar-refractivity contribution is 5.36. The van der Waals surface area contributed by atoms with Gasteiger partial charge in [-0.1, -0.05) is 24.3 Å². The Morgan fingerprint density at radius 3 is 1.91 bits per heavy atom. The minimum atomic E-state index is -0.0364. The van der Waals surface area contributed by atoms with Gasteiger partial charge in [0.05, 0.1) is 26.9 Å². The fourth-order valence-corrected chi connectivity index (χ4v) is 2.57. The zero-order valence-electron chi connectivity index (χ0n) is 12.7. The van der Waals surface area contributed by atoms with Gasteiger partial charge in [-0.2, -0.15) is 0 Å². The van der Waals surface area contributed by atoms with Crippen molar-refractivity contribution >= 4 is 0 Å². The standard InChI is InChI=1S/C18H22O4/c1-22-18-5-4-16(17(9-18)12-21)3-2-13-6-14(10-19)8-15(7-13)11-20/h4-9,19-21H,2-3,10-12H2,1H3. The van der Waals surface area contributed by atoms with Gasteiger partial charge in [0.2, 0.25) is 0 Å². The van der Waals surface area contributed by atoms with E-state index in [-0.39, 0.29) is 19.8 Å². The van der Waals surface area contributed by atoms with Gasteiger partial charge in [0, 0.05) is 0 Å². The third-order valence-corrected chi connectivity index (χ3v) is 3.74. The number of aryl methyl sites for hydroxylation is 2. The Kier molecular flexibility index (Phi) is 5.95. The van der Waals surface area contributed by atoms with Crippen LogP contribution in [0.3, 0.4) is 0 Å². The Morgan fingerprint density at radius 2 is 1.36 bits per heavy atom. The summed E-state index contributed by atoms with van der Waals surface area (Å²) in [6.07, 6.45) is 1.56. The van der Waals surface area contributed by atoms with E-state index in [2.05, 4.69) is 0 Å². The van der Waals surface area contributed by atoms with Gasteiger partial charge in [-0.15, -0.1) is 0 Å².